The molecule has 0 atom stereocenters. The normalized spacial score (nSPS) is 11.3. The van der Waals surface area contributed by atoms with E-state index in [1.165, 1.54) is 4.90 Å². The van der Waals surface area contributed by atoms with Gasteiger partial charge in [-0.3, -0.25) is 4.79 Å². The molecular weight excluding hydrogens is 454 g/mol. The number of carbonyl (C=O) groups is 2. The Morgan fingerprint density at radius 1 is 1.00 bits per heavy atom. The Balaban J connectivity index is 1.83. The van der Waals surface area contributed by atoms with Gasteiger partial charge in [0.25, 0.3) is 0 Å². The van der Waals surface area contributed by atoms with Gasteiger partial charge in [-0.1, -0.05) is 50.6 Å². The number of anilines is 2. The van der Waals surface area contributed by atoms with Crippen LogP contribution in [0.2, 0.25) is 0 Å². The number of aromatic nitrogens is 2. The zero-order valence-electron chi connectivity index (χ0n) is 22.3. The number of hydrogen-bond acceptors (Lipinski definition) is 4. The number of urea groups is 1. The van der Waals surface area contributed by atoms with Gasteiger partial charge in [0.2, 0.25) is 5.91 Å². The van der Waals surface area contributed by atoms with E-state index < -0.39 is 0 Å². The van der Waals surface area contributed by atoms with Crippen LogP contribution in [-0.2, 0) is 14.9 Å². The number of amides is 3. The summed E-state index contributed by atoms with van der Waals surface area (Å²) in [5.41, 5.74) is 5.44. The first-order valence-electron chi connectivity index (χ1n) is 12.1. The van der Waals surface area contributed by atoms with Crippen molar-refractivity contribution in [3.8, 4) is 5.69 Å². The van der Waals surface area contributed by atoms with Crippen molar-refractivity contribution in [1.29, 1.82) is 0 Å². The Kier molecular flexibility index (Phi) is 8.53. The SMILES string of the molecule is COCCN(CC(=O)Nc1cc(C(C)(C)C)nn1-c1ccc(C)cc1C)C(=O)Nc1cccc(C)c1. The number of rotatable bonds is 8. The summed E-state index contributed by atoms with van der Waals surface area (Å²) in [7, 11) is 1.56. The molecular formula is C28H37N5O3. The minimum Gasteiger partial charge on any atom is -0.383 e. The van der Waals surface area contributed by atoms with Gasteiger partial charge in [0, 0.05) is 30.8 Å². The molecule has 3 rings (SSSR count). The third-order valence-electron chi connectivity index (χ3n) is 5.78. The molecule has 0 spiro atoms. The average Bonchev–Trinajstić information content (AvgIpc) is 3.20. The summed E-state index contributed by atoms with van der Waals surface area (Å²) >= 11 is 0. The number of nitrogens with one attached hydrogen (secondary N) is 2. The fourth-order valence-electron chi connectivity index (χ4n) is 3.80. The number of ether oxygens (including phenoxy) is 1. The monoisotopic (exact) mass is 491 g/mol. The molecule has 0 fully saturated rings. The van der Waals surface area contributed by atoms with Crippen LogP contribution < -0.4 is 10.6 Å². The summed E-state index contributed by atoms with van der Waals surface area (Å²) in [5, 5.41) is 10.7. The molecule has 3 aromatic rings. The minimum absolute atomic E-state index is 0.135. The lowest BCUT2D eigenvalue weighted by molar-refractivity contribution is -0.116. The standard InChI is InChI=1S/C28H37N5O3/c1-19-9-8-10-22(16-19)29-27(35)32(13-14-36-7)18-26(34)30-25-17-24(28(4,5)6)31-33(25)23-12-11-20(2)15-21(23)3/h8-12,15-17H,13-14,18H2,1-7H3,(H,29,35)(H,30,34). The van der Waals surface area contributed by atoms with Crippen molar-refractivity contribution in [2.75, 3.05) is 37.4 Å². The molecule has 8 nitrogen and oxygen atoms in total. The fraction of sp³-hybridized carbons (Fsp3) is 0.393. The number of benzene rings is 2. The molecule has 2 N–H and O–H groups in total. The molecule has 0 aliphatic carbocycles. The van der Waals surface area contributed by atoms with E-state index in [-0.39, 0.29) is 30.4 Å². The topological polar surface area (TPSA) is 88.5 Å². The van der Waals surface area contributed by atoms with Crippen LogP contribution in [0.15, 0.2) is 48.5 Å². The summed E-state index contributed by atoms with van der Waals surface area (Å²) in [6.07, 6.45) is 0. The molecule has 1 aromatic heterocycles. The molecule has 0 radical (unpaired) electrons. The van der Waals surface area contributed by atoms with Crippen LogP contribution in [0.5, 0.6) is 0 Å². The summed E-state index contributed by atoms with van der Waals surface area (Å²) in [6, 6.07) is 15.2. The zero-order chi connectivity index (χ0) is 26.5. The number of nitrogens with zero attached hydrogens (tertiary/aromatic N) is 3. The molecule has 1 heterocycles. The van der Waals surface area contributed by atoms with E-state index in [2.05, 4.69) is 37.5 Å². The van der Waals surface area contributed by atoms with Gasteiger partial charge in [0.15, 0.2) is 0 Å². The highest BCUT2D eigenvalue weighted by Gasteiger charge is 2.23. The van der Waals surface area contributed by atoms with E-state index >= 15 is 0 Å². The second kappa shape index (κ2) is 11.4. The van der Waals surface area contributed by atoms with Gasteiger partial charge in [-0.05, 0) is 50.1 Å². The summed E-state index contributed by atoms with van der Waals surface area (Å²) in [6.45, 7) is 12.7. The molecule has 3 amide bonds. The molecule has 2 aromatic carbocycles. The molecule has 0 aliphatic rings. The van der Waals surface area contributed by atoms with E-state index in [1.807, 2.05) is 63.2 Å². The van der Waals surface area contributed by atoms with Gasteiger partial charge in [-0.2, -0.15) is 5.10 Å². The van der Waals surface area contributed by atoms with Gasteiger partial charge in [0.1, 0.15) is 12.4 Å². The Morgan fingerprint density at radius 3 is 2.36 bits per heavy atom. The molecule has 0 bridgehead atoms. The third kappa shape index (κ3) is 6.95. The van der Waals surface area contributed by atoms with Crippen LogP contribution >= 0.6 is 0 Å². The van der Waals surface area contributed by atoms with Gasteiger partial charge in [0.05, 0.1) is 18.0 Å². The highest BCUT2D eigenvalue weighted by Crippen LogP contribution is 2.27. The van der Waals surface area contributed by atoms with Crippen molar-refractivity contribution in [2.45, 2.75) is 47.0 Å². The Labute approximate surface area is 213 Å². The van der Waals surface area contributed by atoms with Crippen molar-refractivity contribution in [1.82, 2.24) is 14.7 Å². The predicted molar refractivity (Wildman–Crippen MR) is 144 cm³/mol. The Hall–Kier alpha value is -3.65. The molecule has 192 valence electrons. The molecule has 0 saturated heterocycles. The number of hydrogen-bond donors (Lipinski definition) is 2. The maximum absolute atomic E-state index is 13.2. The Morgan fingerprint density at radius 2 is 1.72 bits per heavy atom. The zero-order valence-corrected chi connectivity index (χ0v) is 22.3. The van der Waals surface area contributed by atoms with Crippen molar-refractivity contribution in [2.24, 2.45) is 0 Å². The second-order valence-electron chi connectivity index (χ2n) is 10.1. The predicted octanol–water partition coefficient (Wildman–Crippen LogP) is 5.21. The third-order valence-corrected chi connectivity index (χ3v) is 5.78. The molecule has 0 saturated carbocycles. The largest absolute Gasteiger partial charge is 0.383 e. The van der Waals surface area contributed by atoms with Crippen LogP contribution in [-0.4, -0.2) is 53.4 Å². The van der Waals surface area contributed by atoms with Gasteiger partial charge < -0.3 is 20.3 Å². The first-order chi connectivity index (χ1) is 17.0. The molecule has 36 heavy (non-hydrogen) atoms. The van der Waals surface area contributed by atoms with Crippen molar-refractivity contribution in [3.63, 3.8) is 0 Å². The second-order valence-corrected chi connectivity index (χ2v) is 10.1. The highest BCUT2D eigenvalue weighted by molar-refractivity contribution is 5.96. The van der Waals surface area contributed by atoms with Crippen molar-refractivity contribution >= 4 is 23.4 Å². The van der Waals surface area contributed by atoms with E-state index in [1.54, 1.807) is 11.8 Å². The van der Waals surface area contributed by atoms with Crippen LogP contribution in [0.25, 0.3) is 5.69 Å². The van der Waals surface area contributed by atoms with Crippen LogP contribution in [0, 0.1) is 20.8 Å². The van der Waals surface area contributed by atoms with Gasteiger partial charge in [-0.15, -0.1) is 0 Å². The van der Waals surface area contributed by atoms with Crippen LogP contribution in [0.3, 0.4) is 0 Å². The van der Waals surface area contributed by atoms with Crippen LogP contribution in [0.1, 0.15) is 43.2 Å². The van der Waals surface area contributed by atoms with Crippen molar-refractivity contribution in [3.05, 3.63) is 70.9 Å². The maximum atomic E-state index is 13.2. The lowest BCUT2D eigenvalue weighted by Crippen LogP contribution is -2.42. The van der Waals surface area contributed by atoms with Crippen molar-refractivity contribution < 1.29 is 14.3 Å². The Bertz CT molecular complexity index is 1230. The minimum atomic E-state index is -0.369. The first kappa shape index (κ1) is 26.9. The summed E-state index contributed by atoms with van der Waals surface area (Å²) in [4.78, 5) is 27.6. The number of aryl methyl sites for hydroxylation is 3. The summed E-state index contributed by atoms with van der Waals surface area (Å²) in [5.74, 6) is 0.236. The van der Waals surface area contributed by atoms with E-state index in [0.29, 0.717) is 18.1 Å². The molecule has 0 aliphatic heterocycles. The van der Waals surface area contributed by atoms with E-state index in [9.17, 15) is 9.59 Å². The van der Waals surface area contributed by atoms with Gasteiger partial charge >= 0.3 is 6.03 Å². The first-order valence-corrected chi connectivity index (χ1v) is 12.1. The lowest BCUT2D eigenvalue weighted by atomic mass is 9.92. The molecule has 0 unspecified atom stereocenters. The van der Waals surface area contributed by atoms with Crippen LogP contribution in [0.4, 0.5) is 16.3 Å². The fourth-order valence-corrected chi connectivity index (χ4v) is 3.80. The van der Waals surface area contributed by atoms with E-state index in [0.717, 1.165) is 28.1 Å². The quantitative estimate of drug-likeness (QED) is 0.453. The number of carbonyl (C=O) groups excluding carboxylic acids is 2. The van der Waals surface area contributed by atoms with Gasteiger partial charge in [-0.25, -0.2) is 9.48 Å². The smallest absolute Gasteiger partial charge is 0.322 e. The maximum Gasteiger partial charge on any atom is 0.322 e. The lowest BCUT2D eigenvalue weighted by Gasteiger charge is -2.22. The summed E-state index contributed by atoms with van der Waals surface area (Å²) < 4.78 is 6.93. The number of methoxy groups -OCH3 is 1. The highest BCUT2D eigenvalue weighted by atomic mass is 16.5. The molecule has 8 heteroatoms. The van der Waals surface area contributed by atoms with E-state index in [4.69, 9.17) is 9.84 Å². The average molecular weight is 492 g/mol.